The SMILES string of the molecule is CC(=O)Oc1ccc(C(=NN)c2nnc(Cc3ccccc3)s2)cc1. The minimum atomic E-state index is -0.366. The fourth-order valence-corrected chi connectivity index (χ4v) is 3.18. The van der Waals surface area contributed by atoms with Crippen LogP contribution in [0.5, 0.6) is 5.75 Å². The Morgan fingerprint density at radius 1 is 1.12 bits per heavy atom. The Hall–Kier alpha value is -3.06. The molecular formula is C18H16N4O2S. The van der Waals surface area contributed by atoms with E-state index in [0.717, 1.165) is 10.6 Å². The normalized spacial score (nSPS) is 11.3. The second-order valence-electron chi connectivity index (χ2n) is 5.26. The maximum atomic E-state index is 11.0. The lowest BCUT2D eigenvalue weighted by molar-refractivity contribution is -0.131. The quantitative estimate of drug-likeness (QED) is 0.251. The molecule has 2 N–H and O–H groups in total. The van der Waals surface area contributed by atoms with Crippen molar-refractivity contribution in [1.29, 1.82) is 0 Å². The van der Waals surface area contributed by atoms with Crippen molar-refractivity contribution in [2.24, 2.45) is 10.9 Å². The molecule has 1 aromatic heterocycles. The molecule has 25 heavy (non-hydrogen) atoms. The molecule has 0 bridgehead atoms. The highest BCUT2D eigenvalue weighted by Crippen LogP contribution is 2.20. The molecule has 0 fully saturated rings. The molecular weight excluding hydrogens is 336 g/mol. The van der Waals surface area contributed by atoms with Gasteiger partial charge in [0, 0.05) is 18.9 Å². The predicted octanol–water partition coefficient (Wildman–Crippen LogP) is 2.77. The van der Waals surface area contributed by atoms with E-state index in [4.69, 9.17) is 10.6 Å². The van der Waals surface area contributed by atoms with Crippen LogP contribution in [0.4, 0.5) is 0 Å². The van der Waals surface area contributed by atoms with Gasteiger partial charge in [0.15, 0.2) is 5.01 Å². The van der Waals surface area contributed by atoms with E-state index in [1.807, 2.05) is 30.3 Å². The summed E-state index contributed by atoms with van der Waals surface area (Å²) in [6, 6.07) is 17.0. The number of carbonyl (C=O) groups is 1. The zero-order valence-corrected chi connectivity index (χ0v) is 14.4. The second kappa shape index (κ2) is 7.67. The first-order valence-electron chi connectivity index (χ1n) is 7.59. The second-order valence-corrected chi connectivity index (χ2v) is 6.32. The summed E-state index contributed by atoms with van der Waals surface area (Å²) in [6.07, 6.45) is 0.710. The molecule has 0 atom stereocenters. The van der Waals surface area contributed by atoms with Crippen molar-refractivity contribution in [3.63, 3.8) is 0 Å². The van der Waals surface area contributed by atoms with Gasteiger partial charge in [-0.15, -0.1) is 10.2 Å². The molecule has 3 aromatic rings. The van der Waals surface area contributed by atoms with Crippen LogP contribution in [-0.2, 0) is 11.2 Å². The maximum absolute atomic E-state index is 11.0. The molecule has 2 aromatic carbocycles. The third-order valence-corrected chi connectivity index (χ3v) is 4.32. The average Bonchev–Trinajstić information content (AvgIpc) is 3.06. The number of nitrogens with zero attached hydrogens (tertiary/aromatic N) is 3. The highest BCUT2D eigenvalue weighted by Gasteiger charge is 2.14. The van der Waals surface area contributed by atoms with Crippen LogP contribution in [0.1, 0.15) is 28.1 Å². The van der Waals surface area contributed by atoms with E-state index in [0.29, 0.717) is 22.9 Å². The number of hydrazone groups is 1. The van der Waals surface area contributed by atoms with E-state index in [1.165, 1.54) is 23.8 Å². The first-order chi connectivity index (χ1) is 12.2. The van der Waals surface area contributed by atoms with Crippen molar-refractivity contribution in [2.75, 3.05) is 0 Å². The monoisotopic (exact) mass is 352 g/mol. The van der Waals surface area contributed by atoms with Crippen molar-refractivity contribution in [3.8, 4) is 5.75 Å². The molecule has 0 aliphatic rings. The summed E-state index contributed by atoms with van der Waals surface area (Å²) in [6.45, 7) is 1.36. The lowest BCUT2D eigenvalue weighted by Gasteiger charge is -2.04. The number of benzene rings is 2. The van der Waals surface area contributed by atoms with Gasteiger partial charge in [0.2, 0.25) is 0 Å². The number of hydrogen-bond donors (Lipinski definition) is 1. The van der Waals surface area contributed by atoms with E-state index in [1.54, 1.807) is 24.3 Å². The predicted molar refractivity (Wildman–Crippen MR) is 96.7 cm³/mol. The molecule has 0 spiro atoms. The Morgan fingerprint density at radius 2 is 1.84 bits per heavy atom. The zero-order valence-electron chi connectivity index (χ0n) is 13.5. The lowest BCUT2D eigenvalue weighted by atomic mass is 10.1. The van der Waals surface area contributed by atoms with Crippen LogP contribution in [0.3, 0.4) is 0 Å². The van der Waals surface area contributed by atoms with Gasteiger partial charge in [0.25, 0.3) is 0 Å². The number of nitrogens with two attached hydrogens (primary N) is 1. The molecule has 0 unspecified atom stereocenters. The number of esters is 1. The summed E-state index contributed by atoms with van der Waals surface area (Å²) < 4.78 is 5.02. The number of aromatic nitrogens is 2. The molecule has 0 aliphatic heterocycles. The van der Waals surface area contributed by atoms with E-state index in [2.05, 4.69) is 15.3 Å². The van der Waals surface area contributed by atoms with Crippen molar-refractivity contribution in [3.05, 3.63) is 75.7 Å². The highest BCUT2D eigenvalue weighted by atomic mass is 32.1. The van der Waals surface area contributed by atoms with Gasteiger partial charge in [0.1, 0.15) is 16.5 Å². The van der Waals surface area contributed by atoms with Crippen molar-refractivity contribution in [2.45, 2.75) is 13.3 Å². The number of carbonyl (C=O) groups excluding carboxylic acids is 1. The summed E-state index contributed by atoms with van der Waals surface area (Å²) in [5.41, 5.74) is 2.49. The van der Waals surface area contributed by atoms with Gasteiger partial charge in [0.05, 0.1) is 0 Å². The summed E-state index contributed by atoms with van der Waals surface area (Å²) in [4.78, 5) is 11.0. The molecule has 0 radical (unpaired) electrons. The third kappa shape index (κ3) is 4.27. The first-order valence-corrected chi connectivity index (χ1v) is 8.41. The molecule has 7 heteroatoms. The Morgan fingerprint density at radius 3 is 2.48 bits per heavy atom. The molecule has 0 aliphatic carbocycles. The van der Waals surface area contributed by atoms with Gasteiger partial charge in [-0.2, -0.15) is 5.10 Å². The zero-order chi connectivity index (χ0) is 17.6. The third-order valence-electron chi connectivity index (χ3n) is 3.39. The van der Waals surface area contributed by atoms with Crippen LogP contribution in [0.25, 0.3) is 0 Å². The van der Waals surface area contributed by atoms with Gasteiger partial charge in [-0.3, -0.25) is 4.79 Å². The molecule has 6 nitrogen and oxygen atoms in total. The van der Waals surface area contributed by atoms with E-state index < -0.39 is 0 Å². The molecule has 0 saturated carbocycles. The lowest BCUT2D eigenvalue weighted by Crippen LogP contribution is -2.07. The first kappa shape index (κ1) is 16.8. The van der Waals surface area contributed by atoms with Crippen LogP contribution in [0.2, 0.25) is 0 Å². The fourth-order valence-electron chi connectivity index (χ4n) is 2.29. The highest BCUT2D eigenvalue weighted by molar-refractivity contribution is 7.13. The van der Waals surface area contributed by atoms with Gasteiger partial charge in [-0.25, -0.2) is 0 Å². The minimum absolute atomic E-state index is 0.366. The van der Waals surface area contributed by atoms with Crippen LogP contribution in [0.15, 0.2) is 59.7 Å². The number of hydrogen-bond acceptors (Lipinski definition) is 7. The van der Waals surface area contributed by atoms with Gasteiger partial charge < -0.3 is 10.6 Å². The van der Waals surface area contributed by atoms with E-state index >= 15 is 0 Å². The molecule has 3 rings (SSSR count). The van der Waals surface area contributed by atoms with Gasteiger partial charge >= 0.3 is 5.97 Å². The van der Waals surface area contributed by atoms with Crippen LogP contribution < -0.4 is 10.6 Å². The van der Waals surface area contributed by atoms with Crippen LogP contribution >= 0.6 is 11.3 Å². The van der Waals surface area contributed by atoms with E-state index in [9.17, 15) is 4.79 Å². The topological polar surface area (TPSA) is 90.5 Å². The van der Waals surface area contributed by atoms with Crippen molar-refractivity contribution < 1.29 is 9.53 Å². The van der Waals surface area contributed by atoms with Crippen molar-refractivity contribution in [1.82, 2.24) is 10.2 Å². The summed E-state index contributed by atoms with van der Waals surface area (Å²) in [7, 11) is 0. The van der Waals surface area contributed by atoms with Crippen LogP contribution in [-0.4, -0.2) is 21.9 Å². The molecule has 0 saturated heterocycles. The minimum Gasteiger partial charge on any atom is -0.427 e. The summed E-state index contributed by atoms with van der Waals surface area (Å²) in [5, 5.41) is 13.8. The largest absolute Gasteiger partial charge is 0.427 e. The van der Waals surface area contributed by atoms with Gasteiger partial charge in [-0.05, 0) is 29.8 Å². The number of ether oxygens (including phenoxy) is 1. The number of rotatable bonds is 5. The standard InChI is InChI=1S/C18H16N4O2S/c1-12(23)24-15-9-7-14(8-10-15)17(20-19)18-22-21-16(25-18)11-13-5-3-2-4-6-13/h2-10H,11,19H2,1H3. The van der Waals surface area contributed by atoms with Crippen LogP contribution in [0, 0.1) is 0 Å². The fraction of sp³-hybridized carbons (Fsp3) is 0.111. The Kier molecular flexibility index (Phi) is 5.15. The smallest absolute Gasteiger partial charge is 0.308 e. The average molecular weight is 352 g/mol. The molecule has 126 valence electrons. The Balaban J connectivity index is 1.78. The maximum Gasteiger partial charge on any atom is 0.308 e. The van der Waals surface area contributed by atoms with Crippen molar-refractivity contribution >= 4 is 23.0 Å². The summed E-state index contributed by atoms with van der Waals surface area (Å²) >= 11 is 1.45. The molecule has 0 amide bonds. The van der Waals surface area contributed by atoms with Gasteiger partial charge in [-0.1, -0.05) is 41.7 Å². The Labute approximate surface area is 149 Å². The molecule has 1 heterocycles. The Bertz CT molecular complexity index is 889. The summed E-state index contributed by atoms with van der Waals surface area (Å²) in [5.74, 6) is 5.66. The van der Waals surface area contributed by atoms with E-state index in [-0.39, 0.29) is 5.97 Å².